The first-order valence-corrected chi connectivity index (χ1v) is 7.94. The Morgan fingerprint density at radius 2 is 1.67 bits per heavy atom. The molecule has 3 aromatic rings. The fourth-order valence-electron chi connectivity index (χ4n) is 2.63. The van der Waals surface area contributed by atoms with Crippen LogP contribution in [-0.2, 0) is 12.7 Å². The summed E-state index contributed by atoms with van der Waals surface area (Å²) in [5.41, 5.74) is -2.65. The topological polar surface area (TPSA) is 55.1 Å². The summed E-state index contributed by atoms with van der Waals surface area (Å²) in [5, 5.41) is 14.1. The highest BCUT2D eigenvalue weighted by atomic mass is 19.4. The highest BCUT2D eigenvalue weighted by Crippen LogP contribution is 2.29. The van der Waals surface area contributed by atoms with Gasteiger partial charge in [0.25, 0.3) is 5.56 Å². The average molecular weight is 378 g/mol. The van der Waals surface area contributed by atoms with Crippen LogP contribution in [0.25, 0.3) is 11.3 Å². The first-order valence-electron chi connectivity index (χ1n) is 7.94. The first-order chi connectivity index (χ1) is 12.8. The summed E-state index contributed by atoms with van der Waals surface area (Å²) < 4.78 is 54.2. The molecule has 0 fully saturated rings. The predicted molar refractivity (Wildman–Crippen MR) is 90.3 cm³/mol. The Labute approximate surface area is 151 Å². The summed E-state index contributed by atoms with van der Waals surface area (Å²) in [7, 11) is 0. The van der Waals surface area contributed by atoms with Crippen LogP contribution in [-0.4, -0.2) is 14.9 Å². The molecule has 0 amide bonds. The molecule has 0 aliphatic carbocycles. The van der Waals surface area contributed by atoms with Crippen molar-refractivity contribution in [2.24, 2.45) is 0 Å². The van der Waals surface area contributed by atoms with Crippen LogP contribution >= 0.6 is 0 Å². The van der Waals surface area contributed by atoms with Gasteiger partial charge in [-0.15, -0.1) is 0 Å². The molecule has 0 saturated carbocycles. The molecule has 0 bridgehead atoms. The van der Waals surface area contributed by atoms with Gasteiger partial charge in [0, 0.05) is 11.1 Å². The van der Waals surface area contributed by atoms with E-state index in [1.165, 1.54) is 18.2 Å². The van der Waals surface area contributed by atoms with E-state index in [9.17, 15) is 27.5 Å². The van der Waals surface area contributed by atoms with Crippen molar-refractivity contribution in [3.8, 4) is 11.3 Å². The van der Waals surface area contributed by atoms with Crippen molar-refractivity contribution in [3.63, 3.8) is 0 Å². The lowest BCUT2D eigenvalue weighted by molar-refractivity contribution is -0.139. The highest BCUT2D eigenvalue weighted by Gasteiger charge is 2.36. The zero-order valence-electron chi connectivity index (χ0n) is 13.8. The van der Waals surface area contributed by atoms with Crippen molar-refractivity contribution in [2.75, 3.05) is 0 Å². The second-order valence-corrected chi connectivity index (χ2v) is 5.83. The lowest BCUT2D eigenvalue weighted by Crippen LogP contribution is -2.32. The molecule has 2 aromatic carbocycles. The van der Waals surface area contributed by atoms with Crippen LogP contribution in [0.5, 0.6) is 0 Å². The van der Waals surface area contributed by atoms with Gasteiger partial charge < -0.3 is 5.11 Å². The van der Waals surface area contributed by atoms with Gasteiger partial charge in [0.1, 0.15) is 17.5 Å². The highest BCUT2D eigenvalue weighted by molar-refractivity contribution is 5.59. The molecule has 8 heteroatoms. The van der Waals surface area contributed by atoms with Crippen LogP contribution in [0.15, 0.2) is 65.5 Å². The van der Waals surface area contributed by atoms with Gasteiger partial charge >= 0.3 is 6.18 Å². The SMILES string of the molecule is O=c1c(C(F)(F)F)cc(-c2ccccc2)nn1C[C@@H](O)c1ccccc1F. The molecule has 1 atom stereocenters. The van der Waals surface area contributed by atoms with Crippen LogP contribution in [0.4, 0.5) is 17.6 Å². The monoisotopic (exact) mass is 378 g/mol. The van der Waals surface area contributed by atoms with Crippen molar-refractivity contribution >= 4 is 0 Å². The van der Waals surface area contributed by atoms with E-state index >= 15 is 0 Å². The number of nitrogens with zero attached hydrogens (tertiary/aromatic N) is 2. The second-order valence-electron chi connectivity index (χ2n) is 5.83. The quantitative estimate of drug-likeness (QED) is 0.703. The first kappa shape index (κ1) is 18.8. The number of alkyl halides is 3. The van der Waals surface area contributed by atoms with Gasteiger partial charge in [-0.1, -0.05) is 48.5 Å². The fraction of sp³-hybridized carbons (Fsp3) is 0.158. The lowest BCUT2D eigenvalue weighted by atomic mass is 10.1. The third kappa shape index (κ3) is 4.06. The third-order valence-corrected chi connectivity index (χ3v) is 3.96. The summed E-state index contributed by atoms with van der Waals surface area (Å²) in [6, 6.07) is 14.0. The second kappa shape index (κ2) is 7.32. The Morgan fingerprint density at radius 1 is 1.04 bits per heavy atom. The molecule has 0 spiro atoms. The summed E-state index contributed by atoms with van der Waals surface area (Å²) >= 11 is 0. The Morgan fingerprint density at radius 3 is 2.30 bits per heavy atom. The molecule has 0 unspecified atom stereocenters. The van der Waals surface area contributed by atoms with E-state index in [1.54, 1.807) is 30.3 Å². The molecule has 1 heterocycles. The van der Waals surface area contributed by atoms with E-state index in [1.807, 2.05) is 0 Å². The summed E-state index contributed by atoms with van der Waals surface area (Å²) in [6.45, 7) is -0.622. The van der Waals surface area contributed by atoms with Crippen molar-refractivity contribution in [2.45, 2.75) is 18.8 Å². The summed E-state index contributed by atoms with van der Waals surface area (Å²) in [6.07, 6.45) is -6.43. The molecule has 140 valence electrons. The molecule has 0 saturated heterocycles. The number of hydrogen-bond acceptors (Lipinski definition) is 3. The van der Waals surface area contributed by atoms with Crippen LogP contribution in [0.1, 0.15) is 17.2 Å². The van der Waals surface area contributed by atoms with Crippen molar-refractivity contribution in [3.05, 3.63) is 88.0 Å². The van der Waals surface area contributed by atoms with E-state index in [-0.39, 0.29) is 11.3 Å². The van der Waals surface area contributed by atoms with E-state index < -0.39 is 35.8 Å². The smallest absolute Gasteiger partial charge is 0.386 e. The Hall–Kier alpha value is -3.00. The van der Waals surface area contributed by atoms with Crippen LogP contribution in [0, 0.1) is 5.82 Å². The maximum absolute atomic E-state index is 13.8. The molecule has 0 radical (unpaired) electrons. The van der Waals surface area contributed by atoms with Gasteiger partial charge in [0.2, 0.25) is 0 Å². The predicted octanol–water partition coefficient (Wildman–Crippen LogP) is 3.80. The molecular weight excluding hydrogens is 364 g/mol. The molecule has 27 heavy (non-hydrogen) atoms. The number of halogens is 4. The molecule has 0 aliphatic rings. The number of rotatable bonds is 4. The van der Waals surface area contributed by atoms with Crippen molar-refractivity contribution in [1.29, 1.82) is 0 Å². The molecule has 3 rings (SSSR count). The minimum atomic E-state index is -4.89. The minimum Gasteiger partial charge on any atom is -0.386 e. The Kier molecular flexibility index (Phi) is 5.09. The normalized spacial score (nSPS) is 12.8. The van der Waals surface area contributed by atoms with Crippen molar-refractivity contribution < 1.29 is 22.7 Å². The van der Waals surface area contributed by atoms with Gasteiger partial charge in [0.15, 0.2) is 0 Å². The van der Waals surface area contributed by atoms with E-state index in [4.69, 9.17) is 0 Å². The van der Waals surface area contributed by atoms with Crippen LogP contribution in [0.2, 0.25) is 0 Å². The Bertz CT molecular complexity index is 1000. The third-order valence-electron chi connectivity index (χ3n) is 3.96. The Balaban J connectivity index is 2.09. The zero-order chi connectivity index (χ0) is 19.6. The van der Waals surface area contributed by atoms with E-state index in [0.29, 0.717) is 16.3 Å². The van der Waals surface area contributed by atoms with Crippen LogP contribution in [0.3, 0.4) is 0 Å². The standard InChI is InChI=1S/C19H14F4N2O2/c20-15-9-5-4-8-13(15)17(26)11-25-18(27)14(19(21,22)23)10-16(24-25)12-6-2-1-3-7-12/h1-10,17,26H,11H2/t17-/m1/s1. The number of benzene rings is 2. The lowest BCUT2D eigenvalue weighted by Gasteiger charge is -2.16. The summed E-state index contributed by atoms with van der Waals surface area (Å²) in [5.74, 6) is -0.728. The number of aliphatic hydroxyl groups is 1. The largest absolute Gasteiger partial charge is 0.421 e. The van der Waals surface area contributed by atoms with E-state index in [2.05, 4.69) is 5.10 Å². The average Bonchev–Trinajstić information content (AvgIpc) is 2.63. The zero-order valence-corrected chi connectivity index (χ0v) is 13.8. The van der Waals surface area contributed by atoms with Crippen molar-refractivity contribution in [1.82, 2.24) is 9.78 Å². The van der Waals surface area contributed by atoms with Gasteiger partial charge in [-0.05, 0) is 12.1 Å². The molecule has 1 N–H and O–H groups in total. The van der Waals surface area contributed by atoms with Gasteiger partial charge in [-0.25, -0.2) is 9.07 Å². The maximum Gasteiger partial charge on any atom is 0.421 e. The van der Waals surface area contributed by atoms with Gasteiger partial charge in [-0.3, -0.25) is 4.79 Å². The summed E-state index contributed by atoms with van der Waals surface area (Å²) in [4.78, 5) is 12.2. The van der Waals surface area contributed by atoms with Gasteiger partial charge in [0.05, 0.1) is 12.2 Å². The molecule has 1 aromatic heterocycles. The van der Waals surface area contributed by atoms with Crippen LogP contribution < -0.4 is 5.56 Å². The van der Waals surface area contributed by atoms with Gasteiger partial charge in [-0.2, -0.15) is 18.3 Å². The maximum atomic E-state index is 13.8. The molecular formula is C19H14F4N2O2. The number of aliphatic hydroxyl groups excluding tert-OH is 1. The fourth-order valence-corrected chi connectivity index (χ4v) is 2.63. The minimum absolute atomic E-state index is 0.0803. The number of hydrogen-bond donors (Lipinski definition) is 1. The molecule has 0 aliphatic heterocycles. The van der Waals surface area contributed by atoms with E-state index in [0.717, 1.165) is 6.07 Å². The molecule has 4 nitrogen and oxygen atoms in total. The number of aromatic nitrogens is 2.